The number of nitrogens with zero attached hydrogens (tertiary/aromatic N) is 3. The van der Waals surface area contributed by atoms with Crippen LogP contribution >= 0.6 is 15.9 Å². The molecular formula is C25H20BrFN4O3. The number of rotatable bonds is 4. The average Bonchev–Trinajstić information content (AvgIpc) is 3.11. The lowest BCUT2D eigenvalue weighted by molar-refractivity contribution is 0.0539. The molecule has 1 N–H and O–H groups in total. The SMILES string of the molecule is O=C(Nc1cnccc1C1CCC[C@H](N2C(=O)c3ccccc3C2=O)C1)c1ccc(F)c(Br)n1. The van der Waals surface area contributed by atoms with Crippen LogP contribution in [0.25, 0.3) is 0 Å². The van der Waals surface area contributed by atoms with Crippen LogP contribution in [-0.2, 0) is 0 Å². The predicted molar refractivity (Wildman–Crippen MR) is 126 cm³/mol. The molecule has 172 valence electrons. The minimum absolute atomic E-state index is 0.0225. The van der Waals surface area contributed by atoms with Crippen molar-refractivity contribution >= 4 is 39.3 Å². The van der Waals surface area contributed by atoms with Crippen LogP contribution in [0, 0.1) is 5.82 Å². The smallest absolute Gasteiger partial charge is 0.274 e. The van der Waals surface area contributed by atoms with E-state index in [0.29, 0.717) is 23.2 Å². The van der Waals surface area contributed by atoms with Crippen molar-refractivity contribution < 1.29 is 18.8 Å². The molecule has 1 aliphatic carbocycles. The Kier molecular flexibility index (Phi) is 5.95. The van der Waals surface area contributed by atoms with Crippen LogP contribution in [0.5, 0.6) is 0 Å². The van der Waals surface area contributed by atoms with E-state index in [9.17, 15) is 18.8 Å². The molecule has 1 saturated carbocycles. The molecule has 2 atom stereocenters. The fourth-order valence-electron chi connectivity index (χ4n) is 4.82. The summed E-state index contributed by atoms with van der Waals surface area (Å²) >= 11 is 3.00. The number of benzene rings is 1. The van der Waals surface area contributed by atoms with Crippen LogP contribution in [0.3, 0.4) is 0 Å². The minimum Gasteiger partial charge on any atom is -0.319 e. The van der Waals surface area contributed by atoms with Crippen molar-refractivity contribution in [2.75, 3.05) is 5.32 Å². The Balaban J connectivity index is 1.37. The zero-order valence-electron chi connectivity index (χ0n) is 18.0. The molecule has 2 aromatic heterocycles. The summed E-state index contributed by atoms with van der Waals surface area (Å²) < 4.78 is 13.5. The van der Waals surface area contributed by atoms with Crippen LogP contribution in [0.2, 0.25) is 0 Å². The number of hydrogen-bond donors (Lipinski definition) is 1. The van der Waals surface area contributed by atoms with Crippen LogP contribution in [0.4, 0.5) is 10.1 Å². The number of anilines is 1. The van der Waals surface area contributed by atoms with E-state index in [4.69, 9.17) is 0 Å². The molecule has 3 aromatic rings. The minimum atomic E-state index is -0.556. The van der Waals surface area contributed by atoms with Gasteiger partial charge in [0, 0.05) is 12.2 Å². The topological polar surface area (TPSA) is 92.3 Å². The Labute approximate surface area is 203 Å². The fraction of sp³-hybridized carbons (Fsp3) is 0.240. The Morgan fingerprint density at radius 3 is 2.50 bits per heavy atom. The summed E-state index contributed by atoms with van der Waals surface area (Å²) in [5.74, 6) is -1.51. The molecule has 5 rings (SSSR count). The zero-order valence-corrected chi connectivity index (χ0v) is 19.6. The number of pyridine rings is 2. The van der Waals surface area contributed by atoms with Crippen LogP contribution < -0.4 is 5.32 Å². The molecule has 1 aliphatic heterocycles. The van der Waals surface area contributed by atoms with E-state index in [1.165, 1.54) is 17.0 Å². The van der Waals surface area contributed by atoms with Gasteiger partial charge in [0.2, 0.25) is 0 Å². The quantitative estimate of drug-likeness (QED) is 0.386. The summed E-state index contributed by atoms with van der Waals surface area (Å²) in [7, 11) is 0. The molecule has 2 aliphatic rings. The summed E-state index contributed by atoms with van der Waals surface area (Å²) in [6.45, 7) is 0. The highest BCUT2D eigenvalue weighted by Gasteiger charge is 2.41. The van der Waals surface area contributed by atoms with E-state index in [2.05, 4.69) is 31.2 Å². The van der Waals surface area contributed by atoms with E-state index in [-0.39, 0.29) is 34.1 Å². The first-order valence-electron chi connectivity index (χ1n) is 11.0. The molecule has 1 fully saturated rings. The maximum atomic E-state index is 13.5. The van der Waals surface area contributed by atoms with Gasteiger partial charge < -0.3 is 5.32 Å². The highest BCUT2D eigenvalue weighted by atomic mass is 79.9. The average molecular weight is 523 g/mol. The largest absolute Gasteiger partial charge is 0.319 e. The number of carbonyl (C=O) groups excluding carboxylic acids is 3. The molecule has 1 unspecified atom stereocenters. The third-order valence-electron chi connectivity index (χ3n) is 6.42. The summed E-state index contributed by atoms with van der Waals surface area (Å²) in [4.78, 5) is 48.2. The molecule has 7 nitrogen and oxygen atoms in total. The number of fused-ring (bicyclic) bond motifs is 1. The first-order chi connectivity index (χ1) is 16.4. The van der Waals surface area contributed by atoms with Gasteiger partial charge in [0.25, 0.3) is 17.7 Å². The third-order valence-corrected chi connectivity index (χ3v) is 6.97. The number of nitrogens with one attached hydrogen (secondary N) is 1. The number of hydrogen-bond acceptors (Lipinski definition) is 5. The molecule has 3 amide bonds. The molecule has 0 radical (unpaired) electrons. The normalized spacial score (nSPS) is 19.8. The molecule has 0 bridgehead atoms. The van der Waals surface area contributed by atoms with Crippen molar-refractivity contribution in [1.82, 2.24) is 14.9 Å². The first kappa shape index (κ1) is 22.3. The Bertz CT molecular complexity index is 1280. The van der Waals surface area contributed by atoms with Crippen molar-refractivity contribution in [3.63, 3.8) is 0 Å². The zero-order chi connectivity index (χ0) is 23.8. The van der Waals surface area contributed by atoms with Crippen molar-refractivity contribution in [2.24, 2.45) is 0 Å². The molecule has 1 aromatic carbocycles. The predicted octanol–water partition coefficient (Wildman–Crippen LogP) is 4.95. The lowest BCUT2D eigenvalue weighted by Crippen LogP contribution is -2.42. The van der Waals surface area contributed by atoms with E-state index in [1.807, 2.05) is 6.07 Å². The molecule has 9 heteroatoms. The number of halogens is 2. The molecule has 3 heterocycles. The Morgan fingerprint density at radius 1 is 1.06 bits per heavy atom. The lowest BCUT2D eigenvalue weighted by atomic mass is 9.80. The van der Waals surface area contributed by atoms with Gasteiger partial charge in [-0.3, -0.25) is 24.3 Å². The van der Waals surface area contributed by atoms with Crippen LogP contribution in [0.1, 0.15) is 68.4 Å². The van der Waals surface area contributed by atoms with Crippen LogP contribution in [0.15, 0.2) is 59.5 Å². The van der Waals surface area contributed by atoms with Gasteiger partial charge in [-0.1, -0.05) is 18.6 Å². The highest BCUT2D eigenvalue weighted by molar-refractivity contribution is 9.10. The van der Waals surface area contributed by atoms with Crippen LogP contribution in [-0.4, -0.2) is 38.6 Å². The second-order valence-electron chi connectivity index (χ2n) is 8.43. The van der Waals surface area contributed by atoms with E-state index < -0.39 is 11.7 Å². The molecular weight excluding hydrogens is 503 g/mol. The number of amides is 3. The number of imide groups is 1. The van der Waals surface area contributed by atoms with Gasteiger partial charge in [-0.2, -0.15) is 0 Å². The second kappa shape index (κ2) is 9.06. The Hall–Kier alpha value is -3.46. The summed E-state index contributed by atoms with van der Waals surface area (Å²) in [6.07, 6.45) is 6.25. The van der Waals surface area contributed by atoms with Gasteiger partial charge in [-0.05, 0) is 77.0 Å². The number of aromatic nitrogens is 2. The van der Waals surface area contributed by atoms with E-state index in [1.54, 1.807) is 36.7 Å². The lowest BCUT2D eigenvalue weighted by Gasteiger charge is -2.35. The second-order valence-corrected chi connectivity index (χ2v) is 9.18. The monoisotopic (exact) mass is 522 g/mol. The van der Waals surface area contributed by atoms with Gasteiger partial charge in [0.1, 0.15) is 10.3 Å². The van der Waals surface area contributed by atoms with Gasteiger partial charge in [-0.15, -0.1) is 0 Å². The van der Waals surface area contributed by atoms with E-state index >= 15 is 0 Å². The molecule has 0 spiro atoms. The van der Waals surface area contributed by atoms with Gasteiger partial charge in [-0.25, -0.2) is 9.37 Å². The van der Waals surface area contributed by atoms with Gasteiger partial charge >= 0.3 is 0 Å². The third kappa shape index (κ3) is 4.00. The van der Waals surface area contributed by atoms with Gasteiger partial charge in [0.15, 0.2) is 5.82 Å². The molecule has 0 saturated heterocycles. The van der Waals surface area contributed by atoms with Gasteiger partial charge in [0.05, 0.1) is 23.0 Å². The summed E-state index contributed by atoms with van der Waals surface area (Å²) in [5, 5.41) is 2.83. The maximum Gasteiger partial charge on any atom is 0.274 e. The van der Waals surface area contributed by atoms with Crippen molar-refractivity contribution in [2.45, 2.75) is 37.6 Å². The summed E-state index contributed by atoms with van der Waals surface area (Å²) in [6, 6.07) is 11.0. The molecule has 34 heavy (non-hydrogen) atoms. The Morgan fingerprint density at radius 2 is 1.79 bits per heavy atom. The number of carbonyl (C=O) groups is 3. The van der Waals surface area contributed by atoms with Crippen molar-refractivity contribution in [1.29, 1.82) is 0 Å². The fourth-order valence-corrected chi connectivity index (χ4v) is 5.14. The summed E-state index contributed by atoms with van der Waals surface area (Å²) in [5.41, 5.74) is 2.37. The van der Waals surface area contributed by atoms with E-state index in [0.717, 1.165) is 24.8 Å². The maximum absolute atomic E-state index is 13.5. The van der Waals surface area contributed by atoms with Crippen molar-refractivity contribution in [3.05, 3.63) is 87.7 Å². The van der Waals surface area contributed by atoms with Crippen molar-refractivity contribution in [3.8, 4) is 0 Å². The first-order valence-corrected chi connectivity index (χ1v) is 11.8. The highest BCUT2D eigenvalue weighted by Crippen LogP contribution is 2.40. The standard InChI is InChI=1S/C25H20BrFN4O3/c26-22-19(27)8-9-20(29-22)23(32)30-21-13-28-11-10-16(21)14-4-3-5-15(12-14)31-24(33)17-6-1-2-7-18(17)25(31)34/h1-2,6-11,13-15H,3-5,12H2,(H,30,32)/t14?,15-/m0/s1.